The third-order valence-corrected chi connectivity index (χ3v) is 4.28. The Bertz CT molecular complexity index is 450. The maximum Gasteiger partial charge on any atom is 0.220 e. The maximum atomic E-state index is 11.9. The number of carbonyl (C=O) groups is 1. The summed E-state index contributed by atoms with van der Waals surface area (Å²) in [5, 5.41) is 3.15. The molecule has 1 aliphatic rings. The molecule has 1 amide bonds. The van der Waals surface area contributed by atoms with E-state index in [4.69, 9.17) is 4.74 Å². The number of amides is 1. The Morgan fingerprint density at radius 2 is 1.95 bits per heavy atom. The van der Waals surface area contributed by atoms with E-state index in [9.17, 15) is 4.79 Å². The molecule has 1 N–H and O–H groups in total. The molecule has 0 aromatic heterocycles. The molecular formula is C18H27NO2. The second-order valence-electron chi connectivity index (χ2n) is 6.24. The van der Waals surface area contributed by atoms with Crippen LogP contribution >= 0.6 is 0 Å². The first-order valence-corrected chi connectivity index (χ1v) is 8.13. The maximum absolute atomic E-state index is 11.9. The van der Waals surface area contributed by atoms with Gasteiger partial charge in [0, 0.05) is 12.5 Å². The van der Waals surface area contributed by atoms with Crippen LogP contribution in [0.5, 0.6) is 5.75 Å². The molecule has 1 fully saturated rings. The van der Waals surface area contributed by atoms with E-state index in [1.165, 1.54) is 12.8 Å². The van der Waals surface area contributed by atoms with E-state index in [1.807, 2.05) is 31.2 Å². The predicted molar refractivity (Wildman–Crippen MR) is 85.5 cm³/mol. The van der Waals surface area contributed by atoms with Crippen molar-refractivity contribution in [1.82, 2.24) is 5.32 Å². The summed E-state index contributed by atoms with van der Waals surface area (Å²) in [5.41, 5.74) is 1.14. The van der Waals surface area contributed by atoms with Crippen molar-refractivity contribution in [3.05, 3.63) is 29.8 Å². The Morgan fingerprint density at radius 1 is 1.24 bits per heavy atom. The van der Waals surface area contributed by atoms with E-state index < -0.39 is 0 Å². The van der Waals surface area contributed by atoms with Crippen LogP contribution < -0.4 is 10.1 Å². The zero-order valence-electron chi connectivity index (χ0n) is 13.2. The molecule has 0 heterocycles. The van der Waals surface area contributed by atoms with Crippen LogP contribution in [0.25, 0.3) is 0 Å². The predicted octanol–water partition coefficient (Wildman–Crippen LogP) is 3.85. The monoisotopic (exact) mass is 289 g/mol. The lowest BCUT2D eigenvalue weighted by Crippen LogP contribution is -2.37. The van der Waals surface area contributed by atoms with Crippen LogP contribution in [-0.2, 0) is 4.79 Å². The molecule has 1 aromatic rings. The number of hydrogen-bond donors (Lipinski definition) is 1. The smallest absolute Gasteiger partial charge is 0.220 e. The third-order valence-electron chi connectivity index (χ3n) is 4.28. The Labute approximate surface area is 128 Å². The van der Waals surface area contributed by atoms with E-state index in [-0.39, 0.29) is 5.91 Å². The largest absolute Gasteiger partial charge is 0.493 e. The average Bonchev–Trinajstić information content (AvgIpc) is 2.48. The van der Waals surface area contributed by atoms with Crippen LogP contribution in [0.4, 0.5) is 0 Å². The fourth-order valence-corrected chi connectivity index (χ4v) is 2.84. The third kappa shape index (κ3) is 5.41. The lowest BCUT2D eigenvalue weighted by Gasteiger charge is -2.26. The molecule has 21 heavy (non-hydrogen) atoms. The van der Waals surface area contributed by atoms with Gasteiger partial charge in [0.1, 0.15) is 5.75 Å². The minimum atomic E-state index is 0.169. The van der Waals surface area contributed by atoms with E-state index in [0.29, 0.717) is 19.1 Å². The second kappa shape index (κ2) is 8.06. The molecule has 3 nitrogen and oxygen atoms in total. The highest BCUT2D eigenvalue weighted by atomic mass is 16.5. The van der Waals surface area contributed by atoms with Crippen LogP contribution in [0.1, 0.15) is 51.0 Å². The van der Waals surface area contributed by atoms with Crippen molar-refractivity contribution in [2.75, 3.05) is 6.61 Å². The highest BCUT2D eigenvalue weighted by Gasteiger charge is 2.19. The molecule has 1 aromatic carbocycles. The van der Waals surface area contributed by atoms with Gasteiger partial charge in [-0.05, 0) is 56.6 Å². The number of carbonyl (C=O) groups excluding carboxylic acids is 1. The number of nitrogens with one attached hydrogen (secondary N) is 1. The lowest BCUT2D eigenvalue weighted by atomic mass is 9.87. The van der Waals surface area contributed by atoms with Crippen LogP contribution in [-0.4, -0.2) is 18.6 Å². The van der Waals surface area contributed by atoms with Crippen LogP contribution in [0.15, 0.2) is 24.3 Å². The number of para-hydroxylation sites is 1. The standard InChI is InChI=1S/C18H27NO2/c1-14-9-11-16(12-10-14)19-18(20)8-5-13-21-17-7-4-3-6-15(17)2/h3-4,6-7,14,16H,5,8-13H2,1-2H3,(H,19,20). The highest BCUT2D eigenvalue weighted by molar-refractivity contribution is 5.76. The van der Waals surface area contributed by atoms with Crippen molar-refractivity contribution in [1.29, 1.82) is 0 Å². The minimum Gasteiger partial charge on any atom is -0.493 e. The van der Waals surface area contributed by atoms with Gasteiger partial charge >= 0.3 is 0 Å². The Hall–Kier alpha value is -1.51. The SMILES string of the molecule is Cc1ccccc1OCCCC(=O)NC1CCC(C)CC1. The van der Waals surface area contributed by atoms with Crippen molar-refractivity contribution in [2.24, 2.45) is 5.92 Å². The van der Waals surface area contributed by atoms with Gasteiger partial charge < -0.3 is 10.1 Å². The van der Waals surface area contributed by atoms with Gasteiger partial charge in [0.25, 0.3) is 0 Å². The summed E-state index contributed by atoms with van der Waals surface area (Å²) in [6.45, 7) is 4.92. The number of hydrogen-bond acceptors (Lipinski definition) is 2. The van der Waals surface area contributed by atoms with Gasteiger partial charge in [0.2, 0.25) is 5.91 Å². The first kappa shape index (κ1) is 15.9. The van der Waals surface area contributed by atoms with Crippen molar-refractivity contribution in [3.8, 4) is 5.75 Å². The van der Waals surface area contributed by atoms with Crippen LogP contribution in [0.2, 0.25) is 0 Å². The number of rotatable bonds is 6. The molecule has 0 aliphatic heterocycles. The van der Waals surface area contributed by atoms with Crippen LogP contribution in [0.3, 0.4) is 0 Å². The van der Waals surface area contributed by atoms with E-state index in [2.05, 4.69) is 12.2 Å². The Morgan fingerprint density at radius 3 is 2.67 bits per heavy atom. The number of ether oxygens (including phenoxy) is 1. The van der Waals surface area contributed by atoms with Crippen molar-refractivity contribution < 1.29 is 9.53 Å². The molecule has 1 aliphatic carbocycles. The first-order valence-electron chi connectivity index (χ1n) is 8.13. The molecule has 0 radical (unpaired) electrons. The van der Waals surface area contributed by atoms with Gasteiger partial charge in [-0.3, -0.25) is 4.79 Å². The molecule has 116 valence electrons. The molecule has 2 rings (SSSR count). The van der Waals surface area contributed by atoms with Gasteiger partial charge in [0.15, 0.2) is 0 Å². The van der Waals surface area contributed by atoms with Gasteiger partial charge in [-0.15, -0.1) is 0 Å². The molecule has 0 saturated heterocycles. The highest BCUT2D eigenvalue weighted by Crippen LogP contribution is 2.23. The van der Waals surface area contributed by atoms with E-state index >= 15 is 0 Å². The van der Waals surface area contributed by atoms with Gasteiger partial charge in [-0.1, -0.05) is 25.1 Å². The van der Waals surface area contributed by atoms with Gasteiger partial charge in [0.05, 0.1) is 6.61 Å². The van der Waals surface area contributed by atoms with Crippen molar-refractivity contribution in [2.45, 2.75) is 58.4 Å². The zero-order valence-corrected chi connectivity index (χ0v) is 13.2. The number of benzene rings is 1. The molecule has 3 heteroatoms. The van der Waals surface area contributed by atoms with E-state index in [0.717, 1.165) is 36.5 Å². The summed E-state index contributed by atoms with van der Waals surface area (Å²) < 4.78 is 5.71. The zero-order chi connectivity index (χ0) is 15.1. The normalized spacial score (nSPS) is 21.8. The van der Waals surface area contributed by atoms with Gasteiger partial charge in [-0.2, -0.15) is 0 Å². The summed E-state index contributed by atoms with van der Waals surface area (Å²) in [6, 6.07) is 8.37. The van der Waals surface area contributed by atoms with Gasteiger partial charge in [-0.25, -0.2) is 0 Å². The lowest BCUT2D eigenvalue weighted by molar-refractivity contribution is -0.122. The fraction of sp³-hybridized carbons (Fsp3) is 0.611. The van der Waals surface area contributed by atoms with Crippen LogP contribution in [0, 0.1) is 12.8 Å². The molecule has 0 spiro atoms. The molecule has 1 saturated carbocycles. The van der Waals surface area contributed by atoms with Crippen molar-refractivity contribution in [3.63, 3.8) is 0 Å². The topological polar surface area (TPSA) is 38.3 Å². The van der Waals surface area contributed by atoms with Crippen molar-refractivity contribution >= 4 is 5.91 Å². The quantitative estimate of drug-likeness (QED) is 0.808. The molecular weight excluding hydrogens is 262 g/mol. The summed E-state index contributed by atoms with van der Waals surface area (Å²) in [7, 11) is 0. The fourth-order valence-electron chi connectivity index (χ4n) is 2.84. The first-order chi connectivity index (χ1) is 10.1. The molecule has 0 unspecified atom stereocenters. The molecule has 0 atom stereocenters. The summed E-state index contributed by atoms with van der Waals surface area (Å²) in [4.78, 5) is 11.9. The van der Waals surface area contributed by atoms with E-state index in [1.54, 1.807) is 0 Å². The Balaban J connectivity index is 1.60. The summed E-state index contributed by atoms with van der Waals surface area (Å²) >= 11 is 0. The summed E-state index contributed by atoms with van der Waals surface area (Å²) in [5.74, 6) is 1.91. The summed E-state index contributed by atoms with van der Waals surface area (Å²) in [6.07, 6.45) is 6.06. The minimum absolute atomic E-state index is 0.169. The molecule has 0 bridgehead atoms. The second-order valence-corrected chi connectivity index (χ2v) is 6.24. The Kier molecular flexibility index (Phi) is 6.09. The number of aryl methyl sites for hydroxylation is 1. The average molecular weight is 289 g/mol.